The van der Waals surface area contributed by atoms with Crippen LogP contribution in [0.4, 0.5) is 0 Å². The minimum atomic E-state index is -4.27. The molecule has 1 unspecified atom stereocenters. The summed E-state index contributed by atoms with van der Waals surface area (Å²) >= 11 is 0. The standard InChI is InChI=1S/C13H16N4O7S/c1-15-10(18)7-16(13(15)17(21)12(20)11(14)19)25(22,23)9-5-3-8(24-2)4-6-9/h3-6,13,21H,7H2,1-2H3,(H2,14,19). The molecular formula is C13H16N4O7S. The first-order chi connectivity index (χ1) is 11.6. The molecule has 1 heterocycles. The maximum atomic E-state index is 12.8. The second-order valence-corrected chi connectivity index (χ2v) is 6.98. The number of carbonyl (C=O) groups is 3. The number of hydrogen-bond donors (Lipinski definition) is 2. The molecule has 12 heteroatoms. The molecule has 11 nitrogen and oxygen atoms in total. The highest BCUT2D eigenvalue weighted by molar-refractivity contribution is 7.89. The number of nitrogens with zero attached hydrogens (tertiary/aromatic N) is 3. The van der Waals surface area contributed by atoms with Gasteiger partial charge in [0.25, 0.3) is 0 Å². The van der Waals surface area contributed by atoms with E-state index in [1.54, 1.807) is 0 Å². The minimum absolute atomic E-state index is 0.186. The van der Waals surface area contributed by atoms with E-state index in [1.165, 1.54) is 38.4 Å². The van der Waals surface area contributed by atoms with Crippen molar-refractivity contribution in [1.29, 1.82) is 0 Å². The fraction of sp³-hybridized carbons (Fsp3) is 0.308. The first-order valence-electron chi connectivity index (χ1n) is 6.84. The lowest BCUT2D eigenvalue weighted by Gasteiger charge is -2.31. The molecule has 1 aromatic rings. The van der Waals surface area contributed by atoms with Gasteiger partial charge in [-0.2, -0.15) is 5.06 Å². The van der Waals surface area contributed by atoms with Crippen molar-refractivity contribution in [2.45, 2.75) is 11.2 Å². The summed E-state index contributed by atoms with van der Waals surface area (Å²) in [6.07, 6.45) is -1.74. The van der Waals surface area contributed by atoms with Gasteiger partial charge in [0.1, 0.15) is 5.75 Å². The Morgan fingerprint density at radius 1 is 1.32 bits per heavy atom. The first-order valence-corrected chi connectivity index (χ1v) is 8.28. The second-order valence-electron chi connectivity index (χ2n) is 5.09. The lowest BCUT2D eigenvalue weighted by atomic mass is 10.3. The van der Waals surface area contributed by atoms with Gasteiger partial charge in [-0.25, -0.2) is 8.42 Å². The van der Waals surface area contributed by atoms with Gasteiger partial charge in [-0.05, 0) is 24.3 Å². The van der Waals surface area contributed by atoms with Crippen LogP contribution < -0.4 is 10.5 Å². The van der Waals surface area contributed by atoms with Gasteiger partial charge in [-0.3, -0.25) is 19.6 Å². The summed E-state index contributed by atoms with van der Waals surface area (Å²) in [4.78, 5) is 35.1. The number of benzene rings is 1. The van der Waals surface area contributed by atoms with E-state index in [1.807, 2.05) is 0 Å². The van der Waals surface area contributed by atoms with E-state index in [-0.39, 0.29) is 9.96 Å². The molecule has 0 saturated carbocycles. The van der Waals surface area contributed by atoms with Crippen LogP contribution in [-0.4, -0.2) is 72.6 Å². The molecule has 3 N–H and O–H groups in total. The van der Waals surface area contributed by atoms with E-state index >= 15 is 0 Å². The molecule has 3 amide bonds. The third-order valence-electron chi connectivity index (χ3n) is 3.59. The van der Waals surface area contributed by atoms with Crippen LogP contribution in [-0.2, 0) is 24.4 Å². The molecule has 136 valence electrons. The average molecular weight is 372 g/mol. The lowest BCUT2D eigenvalue weighted by Crippen LogP contribution is -2.56. The van der Waals surface area contributed by atoms with Crippen molar-refractivity contribution in [2.75, 3.05) is 20.7 Å². The van der Waals surface area contributed by atoms with Gasteiger partial charge in [-0.15, -0.1) is 4.31 Å². The van der Waals surface area contributed by atoms with Crippen molar-refractivity contribution < 1.29 is 32.7 Å². The Morgan fingerprint density at radius 2 is 1.88 bits per heavy atom. The number of amides is 3. The average Bonchev–Trinajstić information content (AvgIpc) is 2.89. The summed E-state index contributed by atoms with van der Waals surface area (Å²) in [7, 11) is -1.69. The van der Waals surface area contributed by atoms with Gasteiger partial charge < -0.3 is 15.4 Å². The highest BCUT2D eigenvalue weighted by Gasteiger charge is 2.48. The number of methoxy groups -OCH3 is 1. The number of hydrogen-bond acceptors (Lipinski definition) is 7. The number of hydroxylamine groups is 2. The van der Waals surface area contributed by atoms with Gasteiger partial charge >= 0.3 is 11.8 Å². The Bertz CT molecular complexity index is 808. The lowest BCUT2D eigenvalue weighted by molar-refractivity contribution is -0.199. The minimum Gasteiger partial charge on any atom is -0.497 e. The quantitative estimate of drug-likeness (QED) is 0.357. The molecular weight excluding hydrogens is 356 g/mol. The number of primary amides is 1. The van der Waals surface area contributed by atoms with Crippen LogP contribution in [0.1, 0.15) is 0 Å². The highest BCUT2D eigenvalue weighted by Crippen LogP contribution is 2.26. The number of sulfonamides is 1. The third-order valence-corrected chi connectivity index (χ3v) is 5.40. The van der Waals surface area contributed by atoms with E-state index in [9.17, 15) is 28.0 Å². The summed E-state index contributed by atoms with van der Waals surface area (Å²) in [6.45, 7) is -0.626. The van der Waals surface area contributed by atoms with Crippen molar-refractivity contribution in [1.82, 2.24) is 14.3 Å². The number of carbonyl (C=O) groups excluding carboxylic acids is 3. The maximum absolute atomic E-state index is 12.8. The van der Waals surface area contributed by atoms with Crippen LogP contribution in [0.5, 0.6) is 5.75 Å². The van der Waals surface area contributed by atoms with Crippen LogP contribution in [0.2, 0.25) is 0 Å². The third kappa shape index (κ3) is 3.26. The van der Waals surface area contributed by atoms with Crippen molar-refractivity contribution in [3.8, 4) is 5.75 Å². The molecule has 1 aliphatic rings. The monoisotopic (exact) mass is 372 g/mol. The fourth-order valence-electron chi connectivity index (χ4n) is 2.24. The molecule has 1 aromatic carbocycles. The van der Waals surface area contributed by atoms with Gasteiger partial charge in [0.05, 0.1) is 18.6 Å². The first kappa shape index (κ1) is 18.6. The Kier molecular flexibility index (Phi) is 4.97. The smallest absolute Gasteiger partial charge is 0.338 e. The highest BCUT2D eigenvalue weighted by atomic mass is 32.2. The molecule has 1 saturated heterocycles. The van der Waals surface area contributed by atoms with Crippen molar-refractivity contribution in [3.63, 3.8) is 0 Å². The second kappa shape index (κ2) is 6.66. The molecule has 0 bridgehead atoms. The SMILES string of the molecule is COc1ccc(S(=O)(=O)N2CC(=O)N(C)C2N(O)C(=O)C(N)=O)cc1. The predicted molar refractivity (Wildman–Crippen MR) is 81.3 cm³/mol. The summed E-state index contributed by atoms with van der Waals surface area (Å²) in [5.74, 6) is -3.32. The molecule has 0 aromatic heterocycles. The zero-order valence-corrected chi connectivity index (χ0v) is 14.1. The van der Waals surface area contributed by atoms with Crippen LogP contribution >= 0.6 is 0 Å². The number of likely N-dealkylation sites (N-methyl/N-ethyl adjacent to an activating group) is 1. The fourth-order valence-corrected chi connectivity index (χ4v) is 3.75. The number of ether oxygens (including phenoxy) is 1. The topological polar surface area (TPSA) is 151 Å². The Balaban J connectivity index is 2.44. The number of nitrogens with two attached hydrogens (primary N) is 1. The van der Waals surface area contributed by atoms with Gasteiger partial charge in [0.15, 0.2) is 0 Å². The maximum Gasteiger partial charge on any atom is 0.338 e. The zero-order chi connectivity index (χ0) is 18.9. The van der Waals surface area contributed by atoms with Crippen molar-refractivity contribution >= 4 is 27.7 Å². The van der Waals surface area contributed by atoms with Crippen molar-refractivity contribution in [2.24, 2.45) is 5.73 Å². The normalized spacial score (nSPS) is 18.3. The predicted octanol–water partition coefficient (Wildman–Crippen LogP) is -1.86. The van der Waals surface area contributed by atoms with Gasteiger partial charge in [0.2, 0.25) is 22.2 Å². The van der Waals surface area contributed by atoms with Crippen LogP contribution in [0.15, 0.2) is 29.2 Å². The molecule has 1 aliphatic heterocycles. The van der Waals surface area contributed by atoms with Crippen LogP contribution in [0.25, 0.3) is 0 Å². The summed E-state index contributed by atoms with van der Waals surface area (Å²) in [6, 6.07) is 5.28. The van der Waals surface area contributed by atoms with Gasteiger partial charge in [-0.1, -0.05) is 0 Å². The number of rotatable bonds is 4. The summed E-state index contributed by atoms with van der Waals surface area (Å²) < 4.78 is 31.1. The Hall–Kier alpha value is -2.70. The van der Waals surface area contributed by atoms with Gasteiger partial charge in [0, 0.05) is 7.05 Å². The van der Waals surface area contributed by atoms with E-state index in [0.29, 0.717) is 10.1 Å². The molecule has 2 rings (SSSR count). The Labute approximate surface area is 143 Å². The van der Waals surface area contributed by atoms with Crippen molar-refractivity contribution in [3.05, 3.63) is 24.3 Å². The van der Waals surface area contributed by atoms with E-state index in [0.717, 1.165) is 4.90 Å². The van der Waals surface area contributed by atoms with E-state index in [2.05, 4.69) is 0 Å². The Morgan fingerprint density at radius 3 is 2.36 bits per heavy atom. The summed E-state index contributed by atoms with van der Waals surface area (Å²) in [5.41, 5.74) is 4.81. The van der Waals surface area contributed by atoms with E-state index in [4.69, 9.17) is 10.5 Å². The molecule has 1 fully saturated rings. The zero-order valence-electron chi connectivity index (χ0n) is 13.3. The van der Waals surface area contributed by atoms with E-state index < -0.39 is 40.6 Å². The van der Waals surface area contributed by atoms with Crippen LogP contribution in [0.3, 0.4) is 0 Å². The van der Waals surface area contributed by atoms with Crippen LogP contribution in [0, 0.1) is 0 Å². The molecule has 25 heavy (non-hydrogen) atoms. The molecule has 0 aliphatic carbocycles. The summed E-state index contributed by atoms with van der Waals surface area (Å²) in [5, 5.41) is 9.72. The molecule has 0 radical (unpaired) electrons. The largest absolute Gasteiger partial charge is 0.497 e. The molecule has 0 spiro atoms. The molecule has 1 atom stereocenters.